The molecule has 0 radical (unpaired) electrons. The Hall–Kier alpha value is -1.96. The highest BCUT2D eigenvalue weighted by atomic mass is 16.5. The summed E-state index contributed by atoms with van der Waals surface area (Å²) >= 11 is 0. The molecule has 2 aromatic rings. The van der Waals surface area contributed by atoms with Crippen molar-refractivity contribution in [3.05, 3.63) is 59.2 Å². The summed E-state index contributed by atoms with van der Waals surface area (Å²) in [6.45, 7) is 2.20. The molecular weight excluding hydrogens is 234 g/mol. The predicted molar refractivity (Wildman–Crippen MR) is 78.9 cm³/mol. The number of nitrogens with one attached hydrogen (secondary N) is 1. The predicted octanol–water partition coefficient (Wildman–Crippen LogP) is 3.97. The zero-order valence-corrected chi connectivity index (χ0v) is 11.4. The molecule has 0 amide bonds. The Balaban J connectivity index is 1.91. The third-order valence-corrected chi connectivity index (χ3v) is 3.85. The Labute approximate surface area is 114 Å². The fourth-order valence-electron chi connectivity index (χ4n) is 2.78. The zero-order chi connectivity index (χ0) is 13.2. The summed E-state index contributed by atoms with van der Waals surface area (Å²) in [7, 11) is 1.73. The molecule has 0 spiro atoms. The first-order valence-electron chi connectivity index (χ1n) is 6.83. The van der Waals surface area contributed by atoms with E-state index in [1.807, 2.05) is 12.1 Å². The van der Waals surface area contributed by atoms with Crippen molar-refractivity contribution in [3.63, 3.8) is 0 Å². The quantitative estimate of drug-likeness (QED) is 0.893. The van der Waals surface area contributed by atoms with E-state index in [2.05, 4.69) is 42.6 Å². The molecule has 0 saturated heterocycles. The van der Waals surface area contributed by atoms with E-state index in [0.717, 1.165) is 18.6 Å². The van der Waals surface area contributed by atoms with Gasteiger partial charge in [0.25, 0.3) is 0 Å². The fraction of sp³-hybridized carbons (Fsp3) is 0.294. The van der Waals surface area contributed by atoms with Crippen LogP contribution in [-0.2, 0) is 12.8 Å². The van der Waals surface area contributed by atoms with E-state index in [9.17, 15) is 0 Å². The lowest BCUT2D eigenvalue weighted by atomic mass is 10.0. The van der Waals surface area contributed by atoms with Crippen molar-refractivity contribution in [2.45, 2.75) is 25.8 Å². The summed E-state index contributed by atoms with van der Waals surface area (Å²) in [5.41, 5.74) is 5.31. The monoisotopic (exact) mass is 253 g/mol. The minimum Gasteiger partial charge on any atom is -0.496 e. The topological polar surface area (TPSA) is 21.3 Å². The maximum atomic E-state index is 5.46. The van der Waals surface area contributed by atoms with Crippen molar-refractivity contribution < 1.29 is 4.74 Å². The number of hydrogen-bond donors (Lipinski definition) is 1. The highest BCUT2D eigenvalue weighted by Crippen LogP contribution is 2.37. The minimum atomic E-state index is 0.318. The largest absolute Gasteiger partial charge is 0.496 e. The maximum Gasteiger partial charge on any atom is 0.124 e. The Morgan fingerprint density at radius 2 is 2.05 bits per heavy atom. The molecule has 1 atom stereocenters. The van der Waals surface area contributed by atoms with Crippen LogP contribution in [-0.4, -0.2) is 7.11 Å². The third kappa shape index (κ3) is 2.19. The van der Waals surface area contributed by atoms with Gasteiger partial charge in [-0.2, -0.15) is 0 Å². The van der Waals surface area contributed by atoms with Gasteiger partial charge in [0.1, 0.15) is 5.75 Å². The van der Waals surface area contributed by atoms with Crippen molar-refractivity contribution in [2.24, 2.45) is 0 Å². The van der Waals surface area contributed by atoms with Crippen LogP contribution in [0.15, 0.2) is 42.5 Å². The Kier molecular flexibility index (Phi) is 3.16. The molecular formula is C17H19NO. The number of aryl methyl sites for hydroxylation is 1. The van der Waals surface area contributed by atoms with E-state index in [1.54, 1.807) is 7.11 Å². The second-order valence-electron chi connectivity index (χ2n) is 4.99. The SMILES string of the molecule is CCc1ccc2c(c1)CC(c1ccccc1OC)N2. The van der Waals surface area contributed by atoms with Gasteiger partial charge in [-0.15, -0.1) is 0 Å². The number of anilines is 1. The van der Waals surface area contributed by atoms with Crippen LogP contribution in [0.5, 0.6) is 5.75 Å². The van der Waals surface area contributed by atoms with E-state index >= 15 is 0 Å². The minimum absolute atomic E-state index is 0.318. The standard InChI is InChI=1S/C17H19NO/c1-3-12-8-9-15-13(10-12)11-16(18-15)14-6-4-5-7-17(14)19-2/h4-10,16,18H,3,11H2,1-2H3. The second kappa shape index (κ2) is 4.96. The Morgan fingerprint density at radius 1 is 1.21 bits per heavy atom. The first kappa shape index (κ1) is 12.1. The lowest BCUT2D eigenvalue weighted by molar-refractivity contribution is 0.407. The van der Waals surface area contributed by atoms with Crippen molar-refractivity contribution in [2.75, 3.05) is 12.4 Å². The molecule has 1 aliphatic heterocycles. The van der Waals surface area contributed by atoms with Gasteiger partial charge in [-0.3, -0.25) is 0 Å². The van der Waals surface area contributed by atoms with Crippen molar-refractivity contribution >= 4 is 5.69 Å². The van der Waals surface area contributed by atoms with Gasteiger partial charge >= 0.3 is 0 Å². The van der Waals surface area contributed by atoms with Crippen LogP contribution in [0.3, 0.4) is 0 Å². The number of rotatable bonds is 3. The summed E-state index contributed by atoms with van der Waals surface area (Å²) in [6, 6.07) is 15.3. The van der Waals surface area contributed by atoms with Gasteiger partial charge in [-0.05, 0) is 36.1 Å². The van der Waals surface area contributed by atoms with E-state index in [1.165, 1.54) is 22.4 Å². The molecule has 2 nitrogen and oxygen atoms in total. The molecule has 1 aliphatic rings. The number of ether oxygens (including phenoxy) is 1. The smallest absolute Gasteiger partial charge is 0.124 e. The summed E-state index contributed by atoms with van der Waals surface area (Å²) in [5.74, 6) is 0.962. The van der Waals surface area contributed by atoms with Gasteiger partial charge in [-0.1, -0.05) is 37.3 Å². The third-order valence-electron chi connectivity index (χ3n) is 3.85. The average Bonchev–Trinajstić information content (AvgIpc) is 2.89. The Morgan fingerprint density at radius 3 is 2.84 bits per heavy atom. The molecule has 19 heavy (non-hydrogen) atoms. The summed E-state index contributed by atoms with van der Waals surface area (Å²) < 4.78 is 5.46. The van der Waals surface area contributed by atoms with Crippen LogP contribution >= 0.6 is 0 Å². The molecule has 98 valence electrons. The summed E-state index contributed by atoms with van der Waals surface area (Å²) in [4.78, 5) is 0. The van der Waals surface area contributed by atoms with E-state index in [4.69, 9.17) is 4.74 Å². The van der Waals surface area contributed by atoms with E-state index in [-0.39, 0.29) is 0 Å². The lowest BCUT2D eigenvalue weighted by Crippen LogP contribution is -2.07. The molecule has 0 aliphatic carbocycles. The van der Waals surface area contributed by atoms with Crippen LogP contribution in [0.4, 0.5) is 5.69 Å². The first-order valence-corrected chi connectivity index (χ1v) is 6.83. The molecule has 1 heterocycles. The van der Waals surface area contributed by atoms with Gasteiger partial charge in [0.2, 0.25) is 0 Å². The molecule has 3 rings (SSSR count). The van der Waals surface area contributed by atoms with Crippen LogP contribution in [0.2, 0.25) is 0 Å². The normalized spacial score (nSPS) is 16.8. The van der Waals surface area contributed by atoms with Crippen LogP contribution in [0.1, 0.15) is 29.7 Å². The highest BCUT2D eigenvalue weighted by molar-refractivity contribution is 5.60. The van der Waals surface area contributed by atoms with Crippen LogP contribution in [0, 0.1) is 0 Å². The van der Waals surface area contributed by atoms with Gasteiger partial charge in [0.15, 0.2) is 0 Å². The molecule has 1 unspecified atom stereocenters. The molecule has 0 bridgehead atoms. The molecule has 2 aromatic carbocycles. The summed E-state index contributed by atoms with van der Waals surface area (Å²) in [6.07, 6.45) is 2.12. The summed E-state index contributed by atoms with van der Waals surface area (Å²) in [5, 5.41) is 3.60. The maximum absolute atomic E-state index is 5.46. The molecule has 2 heteroatoms. The van der Waals surface area contributed by atoms with Gasteiger partial charge in [0.05, 0.1) is 13.2 Å². The molecule has 1 N–H and O–H groups in total. The lowest BCUT2D eigenvalue weighted by Gasteiger charge is -2.15. The van der Waals surface area contributed by atoms with Crippen LogP contribution in [0.25, 0.3) is 0 Å². The fourth-order valence-corrected chi connectivity index (χ4v) is 2.78. The van der Waals surface area contributed by atoms with Crippen molar-refractivity contribution in [1.82, 2.24) is 0 Å². The van der Waals surface area contributed by atoms with Crippen molar-refractivity contribution in [3.8, 4) is 5.75 Å². The highest BCUT2D eigenvalue weighted by Gasteiger charge is 2.24. The van der Waals surface area contributed by atoms with E-state index < -0.39 is 0 Å². The number of hydrogen-bond acceptors (Lipinski definition) is 2. The van der Waals surface area contributed by atoms with Gasteiger partial charge in [-0.25, -0.2) is 0 Å². The van der Waals surface area contributed by atoms with Gasteiger partial charge in [0, 0.05) is 11.3 Å². The van der Waals surface area contributed by atoms with E-state index in [0.29, 0.717) is 6.04 Å². The number of benzene rings is 2. The second-order valence-corrected chi connectivity index (χ2v) is 4.99. The average molecular weight is 253 g/mol. The van der Waals surface area contributed by atoms with Gasteiger partial charge < -0.3 is 10.1 Å². The Bertz CT molecular complexity index is 592. The number of fused-ring (bicyclic) bond motifs is 1. The number of para-hydroxylation sites is 1. The first-order chi connectivity index (χ1) is 9.31. The van der Waals surface area contributed by atoms with Crippen molar-refractivity contribution in [1.29, 1.82) is 0 Å². The number of methoxy groups -OCH3 is 1. The molecule has 0 fully saturated rings. The zero-order valence-electron chi connectivity index (χ0n) is 11.4. The van der Waals surface area contributed by atoms with Crippen LogP contribution < -0.4 is 10.1 Å². The molecule has 0 saturated carbocycles. The molecule has 0 aromatic heterocycles.